The first-order valence-electron chi connectivity index (χ1n) is 7.31. The van der Waals surface area contributed by atoms with E-state index in [1.165, 1.54) is 4.31 Å². The zero-order valence-electron chi connectivity index (χ0n) is 12.8. The summed E-state index contributed by atoms with van der Waals surface area (Å²) in [5.74, 6) is 0. The molecular formula is C13H24N4O3S. The van der Waals surface area contributed by atoms with Crippen LogP contribution in [0.1, 0.15) is 32.3 Å². The smallest absolute Gasteiger partial charge is 0.260 e. The molecule has 7 nitrogen and oxygen atoms in total. The second-order valence-electron chi connectivity index (χ2n) is 5.35. The molecule has 0 amide bonds. The zero-order chi connectivity index (χ0) is 15.5. The molecule has 2 unspecified atom stereocenters. The summed E-state index contributed by atoms with van der Waals surface area (Å²) in [4.78, 5) is 0. The lowest BCUT2D eigenvalue weighted by Gasteiger charge is -2.25. The molecule has 1 aromatic rings. The van der Waals surface area contributed by atoms with E-state index in [1.807, 2.05) is 6.92 Å². The van der Waals surface area contributed by atoms with Crippen LogP contribution in [0.25, 0.3) is 0 Å². The van der Waals surface area contributed by atoms with E-state index in [1.54, 1.807) is 13.2 Å². The highest BCUT2D eigenvalue weighted by atomic mass is 32.2. The molecule has 1 fully saturated rings. The lowest BCUT2D eigenvalue weighted by Crippen LogP contribution is -2.41. The van der Waals surface area contributed by atoms with Gasteiger partial charge in [0.1, 0.15) is 0 Å². The van der Waals surface area contributed by atoms with Crippen LogP contribution in [0.4, 0.5) is 0 Å². The van der Waals surface area contributed by atoms with Gasteiger partial charge < -0.3 is 10.1 Å². The first-order valence-corrected chi connectivity index (χ1v) is 8.75. The fourth-order valence-electron chi connectivity index (χ4n) is 2.57. The molecule has 2 rings (SSSR count). The highest BCUT2D eigenvalue weighted by Gasteiger charge is 2.36. The topological polar surface area (TPSA) is 87.3 Å². The van der Waals surface area contributed by atoms with Crippen LogP contribution < -0.4 is 5.32 Å². The number of sulfonamides is 1. The summed E-state index contributed by atoms with van der Waals surface area (Å²) in [5, 5.41) is 9.90. The summed E-state index contributed by atoms with van der Waals surface area (Å²) in [7, 11) is -1.98. The third-order valence-electron chi connectivity index (χ3n) is 3.86. The lowest BCUT2D eigenvalue weighted by atomic mass is 10.2. The molecule has 120 valence electrons. The monoisotopic (exact) mass is 316 g/mol. The average molecular weight is 316 g/mol. The number of hydrogen-bond acceptors (Lipinski definition) is 5. The number of aromatic amines is 1. The number of aromatic nitrogens is 2. The van der Waals surface area contributed by atoms with E-state index in [0.717, 1.165) is 13.0 Å². The first-order chi connectivity index (χ1) is 9.98. The Morgan fingerprint density at radius 3 is 2.95 bits per heavy atom. The zero-order valence-corrected chi connectivity index (χ0v) is 13.6. The highest BCUT2D eigenvalue weighted by molar-refractivity contribution is 7.89. The van der Waals surface area contributed by atoms with Crippen molar-refractivity contribution in [2.24, 2.45) is 0 Å². The second kappa shape index (κ2) is 6.87. The van der Waals surface area contributed by atoms with E-state index in [9.17, 15) is 8.42 Å². The van der Waals surface area contributed by atoms with Crippen LogP contribution in [-0.4, -0.2) is 55.3 Å². The molecule has 0 saturated carbocycles. The summed E-state index contributed by atoms with van der Waals surface area (Å²) in [6, 6.07) is -0.130. The Morgan fingerprint density at radius 1 is 1.57 bits per heavy atom. The van der Waals surface area contributed by atoms with Gasteiger partial charge in [0.2, 0.25) is 0 Å². The van der Waals surface area contributed by atoms with Crippen molar-refractivity contribution < 1.29 is 13.2 Å². The van der Waals surface area contributed by atoms with E-state index in [0.29, 0.717) is 25.1 Å². The molecule has 0 aromatic carbocycles. The van der Waals surface area contributed by atoms with Crippen LogP contribution in [0.3, 0.4) is 0 Å². The van der Waals surface area contributed by atoms with Gasteiger partial charge in [0, 0.05) is 25.8 Å². The van der Waals surface area contributed by atoms with Gasteiger partial charge in [-0.25, -0.2) is 8.42 Å². The molecule has 0 aliphatic carbocycles. The van der Waals surface area contributed by atoms with E-state index in [4.69, 9.17) is 4.74 Å². The van der Waals surface area contributed by atoms with Gasteiger partial charge in [0.05, 0.1) is 18.3 Å². The van der Waals surface area contributed by atoms with Crippen LogP contribution in [-0.2, 0) is 21.3 Å². The number of nitrogens with zero attached hydrogens (tertiary/aromatic N) is 2. The van der Waals surface area contributed by atoms with Gasteiger partial charge in [-0.05, 0) is 26.3 Å². The van der Waals surface area contributed by atoms with Gasteiger partial charge in [0.25, 0.3) is 10.0 Å². The first kappa shape index (κ1) is 16.4. The molecule has 1 saturated heterocycles. The van der Waals surface area contributed by atoms with Gasteiger partial charge in [-0.2, -0.15) is 9.40 Å². The summed E-state index contributed by atoms with van der Waals surface area (Å²) in [6.45, 7) is 5.90. The van der Waals surface area contributed by atoms with Gasteiger partial charge in [-0.15, -0.1) is 0 Å². The number of likely N-dealkylation sites (N-methyl/N-ethyl adjacent to an activating group) is 1. The second-order valence-corrected chi connectivity index (χ2v) is 7.29. The number of hydrogen-bond donors (Lipinski definition) is 2. The molecule has 2 heterocycles. The Kier molecular flexibility index (Phi) is 5.37. The van der Waals surface area contributed by atoms with Crippen LogP contribution in [0, 0.1) is 0 Å². The Hall–Kier alpha value is -0.960. The predicted octanol–water partition coefficient (Wildman–Crippen LogP) is 0.707. The summed E-state index contributed by atoms with van der Waals surface area (Å²) in [6.07, 6.45) is 3.19. The molecule has 0 bridgehead atoms. The Morgan fingerprint density at radius 2 is 2.33 bits per heavy atom. The maximum Gasteiger partial charge on any atom is 0.260 e. The maximum absolute atomic E-state index is 12.8. The molecule has 1 aliphatic rings. The van der Waals surface area contributed by atoms with E-state index in [2.05, 4.69) is 22.4 Å². The normalized spacial score (nSPS) is 23.0. The van der Waals surface area contributed by atoms with Crippen molar-refractivity contribution in [3.8, 4) is 0 Å². The summed E-state index contributed by atoms with van der Waals surface area (Å²) >= 11 is 0. The number of ether oxygens (including phenoxy) is 1. The van der Waals surface area contributed by atoms with Crippen LogP contribution >= 0.6 is 0 Å². The third-order valence-corrected chi connectivity index (χ3v) is 5.76. The minimum absolute atomic E-state index is 0.0886. The SMILES string of the molecule is CCCNCc1cn[nH]c1S(=O)(=O)N(C)C1CCOC1C. The van der Waals surface area contributed by atoms with Crippen LogP contribution in [0.2, 0.25) is 0 Å². The molecule has 2 atom stereocenters. The van der Waals surface area contributed by atoms with E-state index in [-0.39, 0.29) is 17.2 Å². The molecule has 0 radical (unpaired) electrons. The van der Waals surface area contributed by atoms with Crippen molar-refractivity contribution in [3.63, 3.8) is 0 Å². The standard InChI is InChI=1S/C13H24N4O3S/c1-4-6-14-8-11-9-15-16-13(11)21(18,19)17(3)12-5-7-20-10(12)2/h9-10,12,14H,4-8H2,1-3H3,(H,15,16). The molecule has 21 heavy (non-hydrogen) atoms. The molecular weight excluding hydrogens is 292 g/mol. The fourth-order valence-corrected chi connectivity index (χ4v) is 4.11. The van der Waals surface area contributed by atoms with Crippen molar-refractivity contribution >= 4 is 10.0 Å². The van der Waals surface area contributed by atoms with Crippen molar-refractivity contribution in [2.45, 2.75) is 50.4 Å². The van der Waals surface area contributed by atoms with Crippen LogP contribution in [0.5, 0.6) is 0 Å². The largest absolute Gasteiger partial charge is 0.377 e. The Balaban J connectivity index is 2.17. The maximum atomic E-state index is 12.8. The fraction of sp³-hybridized carbons (Fsp3) is 0.769. The van der Waals surface area contributed by atoms with Crippen molar-refractivity contribution in [3.05, 3.63) is 11.8 Å². The molecule has 1 aromatic heterocycles. The van der Waals surface area contributed by atoms with Crippen molar-refractivity contribution in [1.29, 1.82) is 0 Å². The number of nitrogens with one attached hydrogen (secondary N) is 2. The average Bonchev–Trinajstić information content (AvgIpc) is 3.07. The quantitative estimate of drug-likeness (QED) is 0.723. The van der Waals surface area contributed by atoms with E-state index >= 15 is 0 Å². The van der Waals surface area contributed by atoms with Crippen molar-refractivity contribution in [2.75, 3.05) is 20.2 Å². The number of H-pyrrole nitrogens is 1. The van der Waals surface area contributed by atoms with Gasteiger partial charge in [0.15, 0.2) is 5.03 Å². The minimum atomic E-state index is -3.58. The molecule has 1 aliphatic heterocycles. The lowest BCUT2D eigenvalue weighted by molar-refractivity contribution is 0.102. The van der Waals surface area contributed by atoms with Gasteiger partial charge >= 0.3 is 0 Å². The Bertz CT molecular complexity index is 558. The minimum Gasteiger partial charge on any atom is -0.377 e. The summed E-state index contributed by atoms with van der Waals surface area (Å²) in [5.41, 5.74) is 0.668. The Labute approximate surface area is 126 Å². The highest BCUT2D eigenvalue weighted by Crippen LogP contribution is 2.25. The van der Waals surface area contributed by atoms with Gasteiger partial charge in [-0.1, -0.05) is 6.92 Å². The number of rotatable bonds is 7. The third kappa shape index (κ3) is 3.45. The molecule has 2 N–H and O–H groups in total. The molecule has 0 spiro atoms. The molecule has 8 heteroatoms. The van der Waals surface area contributed by atoms with Gasteiger partial charge in [-0.3, -0.25) is 5.10 Å². The van der Waals surface area contributed by atoms with Crippen molar-refractivity contribution in [1.82, 2.24) is 19.8 Å². The predicted molar refractivity (Wildman–Crippen MR) is 79.4 cm³/mol. The van der Waals surface area contributed by atoms with E-state index < -0.39 is 10.0 Å². The summed E-state index contributed by atoms with van der Waals surface area (Å²) < 4.78 is 32.4. The van der Waals surface area contributed by atoms with Crippen LogP contribution in [0.15, 0.2) is 11.2 Å².